The highest BCUT2D eigenvalue weighted by atomic mass is 16.6. The van der Waals surface area contributed by atoms with Gasteiger partial charge in [0.25, 0.3) is 0 Å². The molecule has 0 spiro atoms. The summed E-state index contributed by atoms with van der Waals surface area (Å²) < 4.78 is 16.7. The second kappa shape index (κ2) is 57.3. The molecule has 0 aliphatic rings. The lowest BCUT2D eigenvalue weighted by atomic mass is 10.1. The van der Waals surface area contributed by atoms with Crippen molar-refractivity contribution in [2.75, 3.05) is 13.2 Å². The average molecular weight is 975 g/mol. The monoisotopic (exact) mass is 975 g/mol. The number of carbonyl (C=O) groups excluding carboxylic acids is 3. The van der Waals surface area contributed by atoms with Crippen LogP contribution in [0.5, 0.6) is 0 Å². The van der Waals surface area contributed by atoms with E-state index in [1.807, 2.05) is 24.3 Å². The van der Waals surface area contributed by atoms with Gasteiger partial charge in [0, 0.05) is 19.3 Å². The molecule has 0 aliphatic heterocycles. The van der Waals surface area contributed by atoms with Crippen LogP contribution in [0.25, 0.3) is 0 Å². The summed E-state index contributed by atoms with van der Waals surface area (Å²) in [6.07, 6.45) is 85.1. The molecule has 71 heavy (non-hydrogen) atoms. The summed E-state index contributed by atoms with van der Waals surface area (Å²) in [4.78, 5) is 38.0. The summed E-state index contributed by atoms with van der Waals surface area (Å²) >= 11 is 0. The molecule has 0 bridgehead atoms. The Labute approximate surface area is 434 Å². The normalized spacial score (nSPS) is 13.5. The van der Waals surface area contributed by atoms with Crippen molar-refractivity contribution in [2.45, 2.75) is 207 Å². The van der Waals surface area contributed by atoms with Gasteiger partial charge in [0.1, 0.15) is 13.2 Å². The second-order valence-electron chi connectivity index (χ2n) is 17.3. The van der Waals surface area contributed by atoms with E-state index in [0.29, 0.717) is 19.3 Å². The topological polar surface area (TPSA) is 78.9 Å². The summed E-state index contributed by atoms with van der Waals surface area (Å²) in [5.41, 5.74) is 0. The van der Waals surface area contributed by atoms with Gasteiger partial charge in [-0.3, -0.25) is 14.4 Å². The Bertz CT molecular complexity index is 1690. The van der Waals surface area contributed by atoms with Crippen LogP contribution in [0.1, 0.15) is 201 Å². The van der Waals surface area contributed by atoms with E-state index in [-0.39, 0.29) is 38.0 Å². The van der Waals surface area contributed by atoms with Gasteiger partial charge in [-0.1, -0.05) is 229 Å². The molecule has 0 heterocycles. The van der Waals surface area contributed by atoms with Gasteiger partial charge < -0.3 is 14.2 Å². The molecule has 1 unspecified atom stereocenters. The largest absolute Gasteiger partial charge is 0.462 e. The smallest absolute Gasteiger partial charge is 0.306 e. The molecule has 0 aromatic rings. The SMILES string of the molecule is CC/C=C\C/C=C\C/C=C\C/C=C\C/C=C\C/C=C\CCC(=O)OC(COC(=O)CC/C=C\C/C=C\C/C=C\C/C=C\CC)COC(=O)CCCCCCCCCC/C=C\C/C=C\C/C=C\C/C=C\CC. The molecule has 0 aliphatic carbocycles. The van der Waals surface area contributed by atoms with E-state index in [1.54, 1.807) is 0 Å². The quantitative estimate of drug-likeness (QED) is 0.0262. The minimum Gasteiger partial charge on any atom is -0.462 e. The van der Waals surface area contributed by atoms with Gasteiger partial charge >= 0.3 is 17.9 Å². The van der Waals surface area contributed by atoms with Crippen molar-refractivity contribution in [3.8, 4) is 0 Å². The van der Waals surface area contributed by atoms with E-state index in [9.17, 15) is 14.4 Å². The van der Waals surface area contributed by atoms with Gasteiger partial charge in [0.2, 0.25) is 0 Å². The first-order valence-corrected chi connectivity index (χ1v) is 27.6. The minimum atomic E-state index is -0.860. The van der Waals surface area contributed by atoms with Gasteiger partial charge in [-0.2, -0.15) is 0 Å². The molecule has 394 valence electrons. The first-order valence-electron chi connectivity index (χ1n) is 27.6. The molecular formula is C65H98O6. The van der Waals surface area contributed by atoms with Gasteiger partial charge in [0.05, 0.1) is 0 Å². The fourth-order valence-corrected chi connectivity index (χ4v) is 6.71. The van der Waals surface area contributed by atoms with Crippen molar-refractivity contribution in [3.05, 3.63) is 170 Å². The van der Waals surface area contributed by atoms with Crippen LogP contribution in [-0.4, -0.2) is 37.2 Å². The zero-order valence-corrected chi connectivity index (χ0v) is 44.9. The molecule has 0 N–H and O–H groups in total. The summed E-state index contributed by atoms with van der Waals surface area (Å²) in [7, 11) is 0. The van der Waals surface area contributed by atoms with Crippen molar-refractivity contribution in [2.24, 2.45) is 0 Å². The molecule has 0 aromatic heterocycles. The van der Waals surface area contributed by atoms with Crippen molar-refractivity contribution in [3.63, 3.8) is 0 Å². The summed E-state index contributed by atoms with van der Waals surface area (Å²) in [6.45, 7) is 6.14. The maximum Gasteiger partial charge on any atom is 0.306 e. The Morgan fingerprint density at radius 1 is 0.282 bits per heavy atom. The number of hydrogen-bond acceptors (Lipinski definition) is 6. The maximum atomic E-state index is 12.8. The van der Waals surface area contributed by atoms with Crippen LogP contribution in [0.15, 0.2) is 170 Å². The van der Waals surface area contributed by atoms with Gasteiger partial charge in [-0.05, 0) is 122 Å². The highest BCUT2D eigenvalue weighted by Gasteiger charge is 2.19. The molecular weight excluding hydrogens is 877 g/mol. The van der Waals surface area contributed by atoms with Crippen LogP contribution in [0.4, 0.5) is 0 Å². The average Bonchev–Trinajstić information content (AvgIpc) is 3.37. The third-order valence-corrected chi connectivity index (χ3v) is 10.7. The fourth-order valence-electron chi connectivity index (χ4n) is 6.71. The predicted molar refractivity (Wildman–Crippen MR) is 306 cm³/mol. The van der Waals surface area contributed by atoms with Crippen molar-refractivity contribution in [1.82, 2.24) is 0 Å². The molecule has 6 heteroatoms. The van der Waals surface area contributed by atoms with E-state index >= 15 is 0 Å². The number of esters is 3. The highest BCUT2D eigenvalue weighted by molar-refractivity contribution is 5.71. The molecule has 0 aromatic carbocycles. The van der Waals surface area contributed by atoms with Crippen LogP contribution in [0.2, 0.25) is 0 Å². The molecule has 0 rings (SSSR count). The van der Waals surface area contributed by atoms with Gasteiger partial charge in [-0.15, -0.1) is 0 Å². The van der Waals surface area contributed by atoms with Crippen molar-refractivity contribution >= 4 is 17.9 Å². The Morgan fingerprint density at radius 3 is 0.873 bits per heavy atom. The van der Waals surface area contributed by atoms with E-state index in [0.717, 1.165) is 116 Å². The lowest BCUT2D eigenvalue weighted by molar-refractivity contribution is -0.166. The summed E-state index contributed by atoms with van der Waals surface area (Å²) in [5.74, 6) is -1.13. The van der Waals surface area contributed by atoms with E-state index in [2.05, 4.69) is 167 Å². The minimum absolute atomic E-state index is 0.143. The van der Waals surface area contributed by atoms with Crippen molar-refractivity contribution in [1.29, 1.82) is 0 Å². The highest BCUT2D eigenvalue weighted by Crippen LogP contribution is 2.12. The van der Waals surface area contributed by atoms with Crippen LogP contribution < -0.4 is 0 Å². The molecule has 0 saturated carbocycles. The number of rotatable bonds is 47. The fraction of sp³-hybridized carbons (Fsp3) is 0.523. The number of ether oxygens (including phenoxy) is 3. The third kappa shape index (κ3) is 55.6. The van der Waals surface area contributed by atoms with Crippen LogP contribution in [0, 0.1) is 0 Å². The molecule has 0 saturated heterocycles. The number of carbonyl (C=O) groups is 3. The summed E-state index contributed by atoms with van der Waals surface area (Å²) in [5, 5.41) is 0. The lowest BCUT2D eigenvalue weighted by Crippen LogP contribution is -2.30. The van der Waals surface area contributed by atoms with Crippen molar-refractivity contribution < 1.29 is 28.6 Å². The second-order valence-corrected chi connectivity index (χ2v) is 17.3. The number of hydrogen-bond donors (Lipinski definition) is 0. The molecule has 0 radical (unpaired) electrons. The predicted octanol–water partition coefficient (Wildman–Crippen LogP) is 18.8. The van der Waals surface area contributed by atoms with E-state index in [1.165, 1.54) is 32.1 Å². The zero-order chi connectivity index (χ0) is 51.4. The van der Waals surface area contributed by atoms with Crippen LogP contribution in [-0.2, 0) is 28.6 Å². The number of unbranched alkanes of at least 4 members (excludes halogenated alkanes) is 8. The number of allylic oxidation sites excluding steroid dienone is 28. The van der Waals surface area contributed by atoms with E-state index < -0.39 is 12.1 Å². The Hall–Kier alpha value is -5.23. The zero-order valence-electron chi connectivity index (χ0n) is 44.9. The van der Waals surface area contributed by atoms with Crippen LogP contribution >= 0.6 is 0 Å². The van der Waals surface area contributed by atoms with Gasteiger partial charge in [0.15, 0.2) is 6.10 Å². The molecule has 0 fully saturated rings. The Morgan fingerprint density at radius 2 is 0.535 bits per heavy atom. The standard InChI is InChI=1S/C65H98O6/c1-4-7-10-13-16-19-22-25-27-29-31-32-34-35-37-40-43-46-49-52-55-58-64(67)70-61-62(60-69-63(66)57-54-51-48-45-42-39-24-21-18-15-12-9-6-3)71-65(68)59-56-53-50-47-44-41-38-36-33-30-28-26-23-20-17-14-11-8-5-2/h7-12,16-21,25-28,31-33,36,39,41-42,44,48,50-51,53,62H,4-6,13-15,22-24,29-30,34-35,37-38,40,43,45-47,49,52,54-61H2,1-3H3/b10-7-,11-8-,12-9-,19-16-,20-17-,21-18-,27-25-,28-26-,32-31-,36-33-,42-39-,44-41-,51-48-,53-50-. The Balaban J connectivity index is 4.59. The first kappa shape index (κ1) is 65.8. The molecule has 0 amide bonds. The summed E-state index contributed by atoms with van der Waals surface area (Å²) in [6, 6.07) is 0. The maximum absolute atomic E-state index is 12.8. The Kier molecular flexibility index (Phi) is 53.1. The van der Waals surface area contributed by atoms with Gasteiger partial charge in [-0.25, -0.2) is 0 Å². The third-order valence-electron chi connectivity index (χ3n) is 10.7. The van der Waals surface area contributed by atoms with E-state index in [4.69, 9.17) is 14.2 Å². The molecule has 1 atom stereocenters. The van der Waals surface area contributed by atoms with Crippen LogP contribution in [0.3, 0.4) is 0 Å². The first-order chi connectivity index (χ1) is 35.0. The lowest BCUT2D eigenvalue weighted by Gasteiger charge is -2.18. The molecule has 6 nitrogen and oxygen atoms in total.